The van der Waals surface area contributed by atoms with Crippen molar-refractivity contribution in [2.45, 2.75) is 57.8 Å². The average molecular weight is 244 g/mol. The van der Waals surface area contributed by atoms with Gasteiger partial charge in [0.05, 0.1) is 0 Å². The highest BCUT2D eigenvalue weighted by atomic mass is 16.3. The van der Waals surface area contributed by atoms with E-state index in [0.717, 1.165) is 32.1 Å². The molecule has 0 rings (SSSR count). The minimum atomic E-state index is -0.0498. The third kappa shape index (κ3) is 11.5. The topological polar surface area (TPSA) is 74.6 Å². The van der Waals surface area contributed by atoms with Gasteiger partial charge in [-0.2, -0.15) is 0 Å². The Kier molecular flexibility index (Phi) is 11.2. The number of carbonyl (C=O) groups is 2. The van der Waals surface area contributed by atoms with Crippen LogP contribution in [0.15, 0.2) is 0 Å². The molecule has 0 saturated heterocycles. The van der Waals surface area contributed by atoms with Gasteiger partial charge in [0.25, 0.3) is 0 Å². The average Bonchev–Trinajstić information content (AvgIpc) is 2.28. The fourth-order valence-electron chi connectivity index (χ4n) is 1.67. The van der Waals surface area contributed by atoms with Crippen molar-refractivity contribution in [3.05, 3.63) is 0 Å². The van der Waals surface area contributed by atoms with E-state index in [0.29, 0.717) is 12.8 Å². The van der Waals surface area contributed by atoms with E-state index in [1.165, 1.54) is 0 Å². The SMILES string of the molecule is O=C(CCO)CCCCCCCC(=O)CCO. The molecule has 0 aliphatic heterocycles. The van der Waals surface area contributed by atoms with Crippen LogP contribution < -0.4 is 0 Å². The lowest BCUT2D eigenvalue weighted by atomic mass is 10.0. The van der Waals surface area contributed by atoms with Crippen LogP contribution >= 0.6 is 0 Å². The first-order valence-corrected chi connectivity index (χ1v) is 6.45. The Bertz CT molecular complexity index is 191. The second-order valence-electron chi connectivity index (χ2n) is 4.29. The molecule has 100 valence electrons. The highest BCUT2D eigenvalue weighted by molar-refractivity contribution is 5.78. The smallest absolute Gasteiger partial charge is 0.135 e. The van der Waals surface area contributed by atoms with Crippen molar-refractivity contribution in [3.63, 3.8) is 0 Å². The summed E-state index contributed by atoms with van der Waals surface area (Å²) in [5.74, 6) is 0.260. The van der Waals surface area contributed by atoms with Crippen molar-refractivity contribution in [3.8, 4) is 0 Å². The van der Waals surface area contributed by atoms with Crippen molar-refractivity contribution in [2.24, 2.45) is 0 Å². The Morgan fingerprint density at radius 3 is 1.29 bits per heavy atom. The van der Waals surface area contributed by atoms with E-state index in [-0.39, 0.29) is 37.6 Å². The maximum absolute atomic E-state index is 11.1. The summed E-state index contributed by atoms with van der Waals surface area (Å²) in [6, 6.07) is 0. The van der Waals surface area contributed by atoms with E-state index in [9.17, 15) is 9.59 Å². The van der Waals surface area contributed by atoms with Gasteiger partial charge in [-0.3, -0.25) is 9.59 Å². The van der Waals surface area contributed by atoms with Gasteiger partial charge in [-0.05, 0) is 12.8 Å². The molecule has 0 aliphatic carbocycles. The lowest BCUT2D eigenvalue weighted by Crippen LogP contribution is -2.01. The molecule has 0 atom stereocenters. The zero-order valence-electron chi connectivity index (χ0n) is 10.5. The molecule has 0 aromatic rings. The molecule has 0 aromatic carbocycles. The fourth-order valence-corrected chi connectivity index (χ4v) is 1.67. The van der Waals surface area contributed by atoms with Gasteiger partial charge < -0.3 is 10.2 Å². The Labute approximate surface area is 103 Å². The number of ketones is 2. The molecule has 0 aliphatic rings. The van der Waals surface area contributed by atoms with Crippen molar-refractivity contribution >= 4 is 11.6 Å². The molecule has 0 unspecified atom stereocenters. The van der Waals surface area contributed by atoms with Gasteiger partial charge >= 0.3 is 0 Å². The Balaban J connectivity index is 3.18. The Hall–Kier alpha value is -0.740. The number of hydrogen-bond donors (Lipinski definition) is 2. The van der Waals surface area contributed by atoms with Gasteiger partial charge in [-0.1, -0.05) is 19.3 Å². The van der Waals surface area contributed by atoms with Crippen molar-refractivity contribution in [1.82, 2.24) is 0 Å². The molecular formula is C13H24O4. The molecule has 0 fully saturated rings. The molecule has 4 heteroatoms. The monoisotopic (exact) mass is 244 g/mol. The highest BCUT2D eigenvalue weighted by Gasteiger charge is 2.02. The summed E-state index contributed by atoms with van der Waals surface area (Å²) < 4.78 is 0. The zero-order chi connectivity index (χ0) is 12.9. The second-order valence-corrected chi connectivity index (χ2v) is 4.29. The molecule has 4 nitrogen and oxygen atoms in total. The molecule has 0 amide bonds. The van der Waals surface area contributed by atoms with Crippen LogP contribution in [0.1, 0.15) is 57.8 Å². The van der Waals surface area contributed by atoms with Crippen molar-refractivity contribution < 1.29 is 19.8 Å². The molecule has 0 bridgehead atoms. The van der Waals surface area contributed by atoms with Crippen LogP contribution in [0.25, 0.3) is 0 Å². The van der Waals surface area contributed by atoms with E-state index in [1.54, 1.807) is 0 Å². The van der Waals surface area contributed by atoms with Crippen LogP contribution in [-0.2, 0) is 9.59 Å². The first-order valence-electron chi connectivity index (χ1n) is 6.45. The molecule has 0 saturated carbocycles. The number of unbranched alkanes of at least 4 members (excludes halogenated alkanes) is 4. The van der Waals surface area contributed by atoms with E-state index in [4.69, 9.17) is 10.2 Å². The minimum Gasteiger partial charge on any atom is -0.396 e. The van der Waals surface area contributed by atoms with Crippen LogP contribution in [0.3, 0.4) is 0 Å². The fraction of sp³-hybridized carbons (Fsp3) is 0.846. The van der Waals surface area contributed by atoms with Gasteiger partial charge in [-0.25, -0.2) is 0 Å². The summed E-state index contributed by atoms with van der Waals surface area (Å²) >= 11 is 0. The quantitative estimate of drug-likeness (QED) is 0.512. The number of hydrogen-bond acceptors (Lipinski definition) is 4. The first kappa shape index (κ1) is 16.3. The molecule has 0 radical (unpaired) electrons. The lowest BCUT2D eigenvalue weighted by Gasteiger charge is -2.01. The summed E-state index contributed by atoms with van der Waals surface area (Å²) in [6.07, 6.45) is 6.47. The van der Waals surface area contributed by atoms with Crippen LogP contribution in [0, 0.1) is 0 Å². The maximum Gasteiger partial charge on any atom is 0.135 e. The first-order chi connectivity index (χ1) is 8.20. The molecule has 0 heterocycles. The zero-order valence-corrected chi connectivity index (χ0v) is 10.5. The van der Waals surface area contributed by atoms with E-state index in [2.05, 4.69) is 0 Å². The summed E-state index contributed by atoms with van der Waals surface area (Å²) in [4.78, 5) is 22.1. The Morgan fingerprint density at radius 1 is 0.588 bits per heavy atom. The van der Waals surface area contributed by atoms with E-state index >= 15 is 0 Å². The largest absolute Gasteiger partial charge is 0.396 e. The number of carbonyl (C=O) groups excluding carboxylic acids is 2. The van der Waals surface area contributed by atoms with E-state index in [1.807, 2.05) is 0 Å². The predicted octanol–water partition coefficient (Wildman–Crippen LogP) is 1.62. The summed E-state index contributed by atoms with van der Waals surface area (Å²) in [5.41, 5.74) is 0. The molecule has 17 heavy (non-hydrogen) atoms. The van der Waals surface area contributed by atoms with Gasteiger partial charge in [0.15, 0.2) is 0 Å². The maximum atomic E-state index is 11.1. The number of Topliss-reactive ketones (excluding diaryl/α,β-unsaturated/α-hetero) is 2. The third-order valence-electron chi connectivity index (χ3n) is 2.69. The second kappa shape index (κ2) is 11.7. The van der Waals surface area contributed by atoms with Crippen molar-refractivity contribution in [2.75, 3.05) is 13.2 Å². The van der Waals surface area contributed by atoms with Gasteiger partial charge in [0.2, 0.25) is 0 Å². The number of aliphatic hydroxyl groups excluding tert-OH is 2. The molecule has 0 aromatic heterocycles. The van der Waals surface area contributed by atoms with Crippen LogP contribution in [0.2, 0.25) is 0 Å². The van der Waals surface area contributed by atoms with Gasteiger partial charge in [0.1, 0.15) is 11.6 Å². The normalized spacial score (nSPS) is 10.5. The summed E-state index contributed by atoms with van der Waals surface area (Å²) in [6.45, 7) is -0.0996. The summed E-state index contributed by atoms with van der Waals surface area (Å²) in [5, 5.41) is 17.1. The van der Waals surface area contributed by atoms with Gasteiger partial charge in [-0.15, -0.1) is 0 Å². The minimum absolute atomic E-state index is 0.0498. The Morgan fingerprint density at radius 2 is 0.941 bits per heavy atom. The van der Waals surface area contributed by atoms with E-state index < -0.39 is 0 Å². The number of rotatable bonds is 12. The third-order valence-corrected chi connectivity index (χ3v) is 2.69. The molecule has 0 spiro atoms. The standard InChI is InChI=1S/C13H24O4/c14-10-8-12(16)6-4-2-1-3-5-7-13(17)9-11-15/h14-15H,1-11H2. The van der Waals surface area contributed by atoms with Crippen LogP contribution in [0.4, 0.5) is 0 Å². The lowest BCUT2D eigenvalue weighted by molar-refractivity contribution is -0.120. The van der Waals surface area contributed by atoms with Crippen LogP contribution in [0.5, 0.6) is 0 Å². The van der Waals surface area contributed by atoms with Crippen molar-refractivity contribution in [1.29, 1.82) is 0 Å². The molecular weight excluding hydrogens is 220 g/mol. The number of aliphatic hydroxyl groups is 2. The predicted molar refractivity (Wildman–Crippen MR) is 65.7 cm³/mol. The van der Waals surface area contributed by atoms with Crippen LogP contribution in [-0.4, -0.2) is 35.0 Å². The summed E-state index contributed by atoms with van der Waals surface area (Å²) in [7, 11) is 0. The highest BCUT2D eigenvalue weighted by Crippen LogP contribution is 2.09. The molecule has 2 N–H and O–H groups in total. The van der Waals surface area contributed by atoms with Gasteiger partial charge in [0, 0.05) is 38.9 Å².